The molecule has 16 heavy (non-hydrogen) atoms. The van der Waals surface area contributed by atoms with E-state index in [1.54, 1.807) is 0 Å². The van der Waals surface area contributed by atoms with Crippen molar-refractivity contribution in [1.82, 2.24) is 10.2 Å². The molecular weight excluding hydrogens is 202 g/mol. The molecule has 90 valence electrons. The fourth-order valence-corrected chi connectivity index (χ4v) is 2.07. The molecule has 4 heteroatoms. The summed E-state index contributed by atoms with van der Waals surface area (Å²) in [4.78, 5) is 0. The lowest BCUT2D eigenvalue weighted by Gasteiger charge is -2.23. The van der Waals surface area contributed by atoms with Crippen LogP contribution in [0.3, 0.4) is 0 Å². The van der Waals surface area contributed by atoms with Gasteiger partial charge in [-0.25, -0.2) is 0 Å². The zero-order valence-electron chi connectivity index (χ0n) is 10.4. The van der Waals surface area contributed by atoms with Crippen molar-refractivity contribution in [1.29, 1.82) is 0 Å². The molecule has 1 fully saturated rings. The van der Waals surface area contributed by atoms with Crippen molar-refractivity contribution in [3.05, 3.63) is 11.8 Å². The van der Waals surface area contributed by atoms with Crippen LogP contribution in [0.2, 0.25) is 0 Å². The lowest BCUT2D eigenvalue weighted by atomic mass is 9.86. The molecule has 1 aromatic heterocycles. The molecule has 0 saturated heterocycles. The Kier molecular flexibility index (Phi) is 3.02. The molecule has 0 bridgehead atoms. The van der Waals surface area contributed by atoms with Gasteiger partial charge in [-0.1, -0.05) is 20.8 Å². The number of aromatic nitrogens is 2. The van der Waals surface area contributed by atoms with E-state index in [4.69, 9.17) is 10.2 Å². The fraction of sp³-hybridized carbons (Fsp3) is 0.833. The molecule has 0 amide bonds. The molecular formula is C12H21N3O. The van der Waals surface area contributed by atoms with E-state index >= 15 is 0 Å². The summed E-state index contributed by atoms with van der Waals surface area (Å²) in [6, 6.07) is 0.362. The second kappa shape index (κ2) is 4.17. The maximum Gasteiger partial charge on any atom is 0.221 e. The van der Waals surface area contributed by atoms with Gasteiger partial charge < -0.3 is 10.2 Å². The largest absolute Gasteiger partial charge is 0.424 e. The highest BCUT2D eigenvalue weighted by Gasteiger charge is 2.27. The monoisotopic (exact) mass is 223 g/mol. The van der Waals surface area contributed by atoms with Gasteiger partial charge in [0.1, 0.15) is 0 Å². The van der Waals surface area contributed by atoms with E-state index in [1.165, 1.54) is 0 Å². The van der Waals surface area contributed by atoms with Crippen LogP contribution in [0.5, 0.6) is 0 Å². The Morgan fingerprint density at radius 2 is 1.75 bits per heavy atom. The van der Waals surface area contributed by atoms with Crippen LogP contribution in [0.25, 0.3) is 0 Å². The van der Waals surface area contributed by atoms with E-state index < -0.39 is 0 Å². The number of nitrogens with two attached hydrogens (primary N) is 1. The van der Waals surface area contributed by atoms with Gasteiger partial charge in [-0.3, -0.25) is 0 Å². The Morgan fingerprint density at radius 1 is 1.12 bits per heavy atom. The highest BCUT2D eigenvalue weighted by Crippen LogP contribution is 2.32. The van der Waals surface area contributed by atoms with Crippen molar-refractivity contribution >= 4 is 0 Å². The first kappa shape index (κ1) is 11.6. The first-order valence-corrected chi connectivity index (χ1v) is 6.06. The summed E-state index contributed by atoms with van der Waals surface area (Å²) in [6.45, 7) is 6.25. The Labute approximate surface area is 96.6 Å². The van der Waals surface area contributed by atoms with E-state index in [0.29, 0.717) is 12.0 Å². The molecule has 2 N–H and O–H groups in total. The van der Waals surface area contributed by atoms with Gasteiger partial charge in [0.2, 0.25) is 11.8 Å². The van der Waals surface area contributed by atoms with Gasteiger partial charge in [0.25, 0.3) is 0 Å². The molecule has 0 radical (unpaired) electrons. The summed E-state index contributed by atoms with van der Waals surface area (Å²) in [5.41, 5.74) is 5.82. The smallest absolute Gasteiger partial charge is 0.221 e. The molecule has 1 saturated carbocycles. The van der Waals surface area contributed by atoms with Crippen molar-refractivity contribution in [2.45, 2.75) is 63.8 Å². The van der Waals surface area contributed by atoms with Crippen molar-refractivity contribution < 1.29 is 4.42 Å². The summed E-state index contributed by atoms with van der Waals surface area (Å²) in [5.74, 6) is 1.96. The summed E-state index contributed by atoms with van der Waals surface area (Å²) < 4.78 is 5.76. The number of hydrogen-bond donors (Lipinski definition) is 1. The average Bonchev–Trinajstić information content (AvgIpc) is 2.67. The first-order valence-electron chi connectivity index (χ1n) is 6.06. The molecule has 4 nitrogen and oxygen atoms in total. The summed E-state index contributed by atoms with van der Waals surface area (Å²) in [6.07, 6.45) is 4.29. The predicted molar refractivity (Wildman–Crippen MR) is 62.2 cm³/mol. The highest BCUT2D eigenvalue weighted by molar-refractivity contribution is 5.00. The minimum atomic E-state index is -0.0592. The molecule has 0 aromatic carbocycles. The van der Waals surface area contributed by atoms with Crippen LogP contribution in [-0.4, -0.2) is 16.2 Å². The number of hydrogen-bond acceptors (Lipinski definition) is 4. The third kappa shape index (κ3) is 2.43. The SMILES string of the molecule is CC(C)(C)c1nnc(C2CCC(N)CC2)o1. The summed E-state index contributed by atoms with van der Waals surface area (Å²) in [5, 5.41) is 8.31. The maximum atomic E-state index is 5.88. The van der Waals surface area contributed by atoms with Crippen LogP contribution in [0.4, 0.5) is 0 Å². The minimum absolute atomic E-state index is 0.0592. The van der Waals surface area contributed by atoms with Gasteiger partial charge in [0, 0.05) is 17.4 Å². The van der Waals surface area contributed by atoms with Crippen molar-refractivity contribution in [2.75, 3.05) is 0 Å². The van der Waals surface area contributed by atoms with Gasteiger partial charge in [0.15, 0.2) is 0 Å². The Morgan fingerprint density at radius 3 is 2.25 bits per heavy atom. The van der Waals surface area contributed by atoms with E-state index in [1.807, 2.05) is 0 Å². The zero-order valence-corrected chi connectivity index (χ0v) is 10.4. The normalized spacial score (nSPS) is 27.0. The maximum absolute atomic E-state index is 5.88. The molecule has 1 heterocycles. The van der Waals surface area contributed by atoms with Crippen LogP contribution in [0.1, 0.15) is 64.2 Å². The molecule has 0 aliphatic heterocycles. The number of nitrogens with zero attached hydrogens (tertiary/aromatic N) is 2. The van der Waals surface area contributed by atoms with E-state index in [0.717, 1.165) is 37.5 Å². The average molecular weight is 223 g/mol. The Hall–Kier alpha value is -0.900. The van der Waals surface area contributed by atoms with Gasteiger partial charge in [-0.2, -0.15) is 0 Å². The van der Waals surface area contributed by atoms with Gasteiger partial charge in [0.05, 0.1) is 0 Å². The van der Waals surface area contributed by atoms with Crippen molar-refractivity contribution in [3.8, 4) is 0 Å². The van der Waals surface area contributed by atoms with Crippen LogP contribution in [0.15, 0.2) is 4.42 Å². The van der Waals surface area contributed by atoms with Crippen molar-refractivity contribution in [3.63, 3.8) is 0 Å². The molecule has 0 spiro atoms. The quantitative estimate of drug-likeness (QED) is 0.793. The number of rotatable bonds is 1. The van der Waals surface area contributed by atoms with E-state index in [-0.39, 0.29) is 5.41 Å². The van der Waals surface area contributed by atoms with Crippen LogP contribution < -0.4 is 5.73 Å². The second-order valence-electron chi connectivity index (χ2n) is 5.81. The topological polar surface area (TPSA) is 64.9 Å². The molecule has 1 aliphatic carbocycles. The fourth-order valence-electron chi connectivity index (χ4n) is 2.07. The molecule has 0 atom stereocenters. The standard InChI is InChI=1S/C12H21N3O/c1-12(2,3)11-15-14-10(16-11)8-4-6-9(13)7-5-8/h8-9H,4-7,13H2,1-3H3. The molecule has 2 rings (SSSR count). The van der Waals surface area contributed by atoms with Gasteiger partial charge >= 0.3 is 0 Å². The Balaban J connectivity index is 2.08. The highest BCUT2D eigenvalue weighted by atomic mass is 16.4. The van der Waals surface area contributed by atoms with Crippen LogP contribution in [0, 0.1) is 0 Å². The zero-order chi connectivity index (χ0) is 11.8. The molecule has 1 aliphatic rings. The molecule has 1 aromatic rings. The van der Waals surface area contributed by atoms with Crippen molar-refractivity contribution in [2.24, 2.45) is 5.73 Å². The van der Waals surface area contributed by atoms with Crippen LogP contribution >= 0.6 is 0 Å². The summed E-state index contributed by atoms with van der Waals surface area (Å²) in [7, 11) is 0. The second-order valence-corrected chi connectivity index (χ2v) is 5.81. The van der Waals surface area contributed by atoms with Gasteiger partial charge in [-0.15, -0.1) is 10.2 Å². The third-order valence-corrected chi connectivity index (χ3v) is 3.20. The summed E-state index contributed by atoms with van der Waals surface area (Å²) >= 11 is 0. The predicted octanol–water partition coefficient (Wildman–Crippen LogP) is 2.35. The lowest BCUT2D eigenvalue weighted by Crippen LogP contribution is -2.25. The minimum Gasteiger partial charge on any atom is -0.424 e. The van der Waals surface area contributed by atoms with Gasteiger partial charge in [-0.05, 0) is 25.7 Å². The van der Waals surface area contributed by atoms with E-state index in [2.05, 4.69) is 31.0 Å². The first-order chi connectivity index (χ1) is 7.47. The Bertz CT molecular complexity index is 345. The third-order valence-electron chi connectivity index (χ3n) is 3.20. The molecule has 0 unspecified atom stereocenters. The lowest BCUT2D eigenvalue weighted by molar-refractivity contribution is 0.311. The van der Waals surface area contributed by atoms with E-state index in [9.17, 15) is 0 Å². The van der Waals surface area contributed by atoms with Crippen LogP contribution in [-0.2, 0) is 5.41 Å².